The molecule has 1 aromatic carbocycles. The van der Waals surface area contributed by atoms with Crippen LogP contribution >= 0.6 is 0 Å². The summed E-state index contributed by atoms with van der Waals surface area (Å²) in [5, 5.41) is 21.0. The summed E-state index contributed by atoms with van der Waals surface area (Å²) >= 11 is 0.00747. The summed E-state index contributed by atoms with van der Waals surface area (Å²) < 4.78 is 2.15. The number of aliphatic hydroxyl groups is 2. The van der Waals surface area contributed by atoms with E-state index in [2.05, 4.69) is 18.7 Å². The molecule has 0 saturated carbocycles. The molecule has 0 aliphatic heterocycles. The van der Waals surface area contributed by atoms with Crippen LogP contribution in [0.25, 0.3) is 0 Å². The van der Waals surface area contributed by atoms with Gasteiger partial charge in [0.1, 0.15) is 0 Å². The van der Waals surface area contributed by atoms with Gasteiger partial charge >= 0.3 is 134 Å². The molecule has 2 atom stereocenters. The van der Waals surface area contributed by atoms with Gasteiger partial charge in [-0.2, -0.15) is 0 Å². The van der Waals surface area contributed by atoms with Crippen molar-refractivity contribution in [3.8, 4) is 0 Å². The molecular weight excluding hydrogens is 327 g/mol. The quantitative estimate of drug-likeness (QED) is 0.585. The van der Waals surface area contributed by atoms with E-state index in [0.29, 0.717) is 18.4 Å². The van der Waals surface area contributed by atoms with Crippen LogP contribution < -0.4 is 4.46 Å². The molecule has 116 valence electrons. The first-order valence-corrected chi connectivity index (χ1v) is 9.03. The second kappa shape index (κ2) is 7.42. The van der Waals surface area contributed by atoms with Gasteiger partial charge in [0.25, 0.3) is 0 Å². The van der Waals surface area contributed by atoms with Gasteiger partial charge in [0.05, 0.1) is 0 Å². The molecule has 0 amide bonds. The first kappa shape index (κ1) is 18.2. The maximum absolute atomic E-state index is 10.7. The van der Waals surface area contributed by atoms with Gasteiger partial charge in [-0.25, -0.2) is 0 Å². The van der Waals surface area contributed by atoms with Gasteiger partial charge in [-0.05, 0) is 0 Å². The molecule has 2 nitrogen and oxygen atoms in total. The minimum absolute atomic E-state index is 0.00747. The molecule has 0 saturated heterocycles. The SMILES string of the molecule is C=C(/C=C(/[Se]c1ccccc1)C(C)(O)CC)C(C)(O)CC. The number of benzene rings is 1. The van der Waals surface area contributed by atoms with E-state index in [1.165, 1.54) is 4.46 Å². The normalized spacial score (nSPS) is 17.9. The Morgan fingerprint density at radius 3 is 2.10 bits per heavy atom. The Morgan fingerprint density at radius 1 is 1.10 bits per heavy atom. The summed E-state index contributed by atoms with van der Waals surface area (Å²) in [4.78, 5) is 0. The Hall–Kier alpha value is -0.861. The van der Waals surface area contributed by atoms with Crippen molar-refractivity contribution in [2.24, 2.45) is 0 Å². The van der Waals surface area contributed by atoms with Crippen molar-refractivity contribution in [2.45, 2.75) is 51.7 Å². The predicted octanol–water partition coefficient (Wildman–Crippen LogP) is 2.78. The van der Waals surface area contributed by atoms with Crippen molar-refractivity contribution in [1.29, 1.82) is 0 Å². The maximum atomic E-state index is 10.7. The average Bonchev–Trinajstić information content (AvgIpc) is 2.47. The van der Waals surface area contributed by atoms with Crippen LogP contribution in [0.5, 0.6) is 0 Å². The predicted molar refractivity (Wildman–Crippen MR) is 90.9 cm³/mol. The molecule has 0 aromatic heterocycles. The van der Waals surface area contributed by atoms with Crippen molar-refractivity contribution in [2.75, 3.05) is 0 Å². The van der Waals surface area contributed by atoms with E-state index in [4.69, 9.17) is 0 Å². The standard InChI is InChI=1S/C18H26O2Se/c1-6-17(4,19)14(3)13-16(18(5,20)7-2)21-15-11-9-8-10-12-15/h8-13,19-20H,3,6-7H2,1-2,4-5H3/b16-13+. The van der Waals surface area contributed by atoms with Gasteiger partial charge < -0.3 is 0 Å². The molecule has 0 heterocycles. The Bertz CT molecular complexity index is 501. The van der Waals surface area contributed by atoms with E-state index in [1.54, 1.807) is 6.92 Å². The van der Waals surface area contributed by atoms with Gasteiger partial charge in [-0.15, -0.1) is 0 Å². The van der Waals surface area contributed by atoms with Gasteiger partial charge in [0, 0.05) is 0 Å². The zero-order chi connectivity index (χ0) is 16.1. The van der Waals surface area contributed by atoms with Crippen LogP contribution in [0.4, 0.5) is 0 Å². The Morgan fingerprint density at radius 2 is 1.62 bits per heavy atom. The fourth-order valence-corrected chi connectivity index (χ4v) is 3.96. The summed E-state index contributed by atoms with van der Waals surface area (Å²) in [7, 11) is 0. The first-order valence-electron chi connectivity index (χ1n) is 7.32. The van der Waals surface area contributed by atoms with Crippen LogP contribution in [0.2, 0.25) is 0 Å². The number of hydrogen-bond acceptors (Lipinski definition) is 2. The van der Waals surface area contributed by atoms with Crippen LogP contribution in [0, 0.1) is 0 Å². The molecule has 0 aliphatic rings. The fraction of sp³-hybridized carbons (Fsp3) is 0.444. The molecule has 0 radical (unpaired) electrons. The second-order valence-corrected chi connectivity index (χ2v) is 8.04. The van der Waals surface area contributed by atoms with E-state index in [0.717, 1.165) is 4.47 Å². The van der Waals surface area contributed by atoms with E-state index < -0.39 is 11.2 Å². The Kier molecular flexibility index (Phi) is 6.42. The average molecular weight is 353 g/mol. The van der Waals surface area contributed by atoms with Crippen molar-refractivity contribution in [3.05, 3.63) is 53.0 Å². The van der Waals surface area contributed by atoms with Crippen molar-refractivity contribution in [1.82, 2.24) is 0 Å². The topological polar surface area (TPSA) is 40.5 Å². The molecule has 0 fully saturated rings. The molecule has 0 bridgehead atoms. The molecule has 1 aromatic rings. The summed E-state index contributed by atoms with van der Waals surface area (Å²) in [5.74, 6) is 0. The molecule has 21 heavy (non-hydrogen) atoms. The monoisotopic (exact) mass is 354 g/mol. The fourth-order valence-electron chi connectivity index (χ4n) is 1.63. The summed E-state index contributed by atoms with van der Waals surface area (Å²) in [6.45, 7) is 11.5. The van der Waals surface area contributed by atoms with E-state index >= 15 is 0 Å². The third-order valence-electron chi connectivity index (χ3n) is 3.88. The van der Waals surface area contributed by atoms with Crippen molar-refractivity contribution >= 4 is 19.4 Å². The second-order valence-electron chi connectivity index (χ2n) is 5.70. The zero-order valence-electron chi connectivity index (χ0n) is 13.4. The van der Waals surface area contributed by atoms with Gasteiger partial charge in [0.2, 0.25) is 0 Å². The van der Waals surface area contributed by atoms with Crippen LogP contribution in [0.3, 0.4) is 0 Å². The summed E-state index contributed by atoms with van der Waals surface area (Å²) in [5.41, 5.74) is -1.14. The van der Waals surface area contributed by atoms with E-state index in [1.807, 2.05) is 45.0 Å². The Balaban J connectivity index is 3.12. The molecule has 0 spiro atoms. The van der Waals surface area contributed by atoms with Crippen LogP contribution in [0.15, 0.2) is 53.0 Å². The van der Waals surface area contributed by atoms with Crippen LogP contribution in [-0.2, 0) is 0 Å². The van der Waals surface area contributed by atoms with Gasteiger partial charge in [0.15, 0.2) is 0 Å². The summed E-state index contributed by atoms with van der Waals surface area (Å²) in [6.07, 6.45) is 3.12. The molecule has 2 N–H and O–H groups in total. The molecule has 1 rings (SSSR count). The van der Waals surface area contributed by atoms with Crippen molar-refractivity contribution in [3.63, 3.8) is 0 Å². The minimum atomic E-state index is -0.929. The number of rotatable bonds is 7. The van der Waals surface area contributed by atoms with Crippen LogP contribution in [0.1, 0.15) is 40.5 Å². The molecular formula is C18H26O2Se. The van der Waals surface area contributed by atoms with Gasteiger partial charge in [-0.1, -0.05) is 0 Å². The third-order valence-corrected chi connectivity index (χ3v) is 6.57. The molecule has 2 unspecified atom stereocenters. The van der Waals surface area contributed by atoms with E-state index in [-0.39, 0.29) is 15.0 Å². The Labute approximate surface area is 134 Å². The molecule has 0 aliphatic carbocycles. The first-order chi connectivity index (χ1) is 9.73. The molecule has 3 heteroatoms. The van der Waals surface area contributed by atoms with E-state index in [9.17, 15) is 10.2 Å². The number of hydrogen-bond donors (Lipinski definition) is 2. The summed E-state index contributed by atoms with van der Waals surface area (Å²) in [6, 6.07) is 10.1. The van der Waals surface area contributed by atoms with Crippen molar-refractivity contribution < 1.29 is 10.2 Å². The third kappa shape index (κ3) is 5.12. The zero-order valence-corrected chi connectivity index (χ0v) is 15.1. The van der Waals surface area contributed by atoms with Crippen LogP contribution in [-0.4, -0.2) is 36.4 Å². The van der Waals surface area contributed by atoms with Gasteiger partial charge in [-0.3, -0.25) is 0 Å².